The maximum absolute atomic E-state index is 12.9. The lowest BCUT2D eigenvalue weighted by atomic mass is 10.0. The molecule has 2 aromatic carbocycles. The van der Waals surface area contributed by atoms with E-state index < -0.39 is 5.97 Å². The van der Waals surface area contributed by atoms with Crippen LogP contribution in [0.3, 0.4) is 0 Å². The van der Waals surface area contributed by atoms with Gasteiger partial charge in [0.15, 0.2) is 17.1 Å². The second kappa shape index (κ2) is 12.5. The predicted molar refractivity (Wildman–Crippen MR) is 151 cm³/mol. The number of aryl methyl sites for hydroxylation is 1. The Labute approximate surface area is 234 Å². The Bertz CT molecular complexity index is 1440. The summed E-state index contributed by atoms with van der Waals surface area (Å²) >= 11 is 8.61. The number of anilines is 1. The van der Waals surface area contributed by atoms with Crippen LogP contribution in [0.1, 0.15) is 41.7 Å². The number of hydrogen-bond acceptors (Lipinski definition) is 8. The van der Waals surface area contributed by atoms with E-state index in [0.717, 1.165) is 11.1 Å². The second-order valence-electron chi connectivity index (χ2n) is 8.35. The van der Waals surface area contributed by atoms with Crippen molar-refractivity contribution in [3.8, 4) is 16.9 Å². The van der Waals surface area contributed by atoms with E-state index in [1.165, 1.54) is 30.2 Å². The number of carbonyl (C=O) groups is 2. The van der Waals surface area contributed by atoms with Gasteiger partial charge in [-0.15, -0.1) is 21.5 Å². The molecule has 0 saturated carbocycles. The normalized spacial score (nSPS) is 11.7. The number of esters is 1. The molecule has 198 valence electrons. The average molecular weight is 571 g/mol. The van der Waals surface area contributed by atoms with E-state index in [0.29, 0.717) is 44.4 Å². The van der Waals surface area contributed by atoms with Gasteiger partial charge in [-0.25, -0.2) is 4.79 Å². The minimum Gasteiger partial charge on any atom is -0.483 e. The maximum atomic E-state index is 12.9. The molecule has 38 heavy (non-hydrogen) atoms. The Kier molecular flexibility index (Phi) is 9.09. The third-order valence-corrected chi connectivity index (χ3v) is 7.76. The summed E-state index contributed by atoms with van der Waals surface area (Å²) in [4.78, 5) is 25.5. The molecule has 0 fully saturated rings. The van der Waals surface area contributed by atoms with Crippen molar-refractivity contribution in [3.63, 3.8) is 0 Å². The smallest absolute Gasteiger partial charge is 0.341 e. The zero-order valence-electron chi connectivity index (χ0n) is 21.4. The van der Waals surface area contributed by atoms with Gasteiger partial charge in [0.1, 0.15) is 16.3 Å². The van der Waals surface area contributed by atoms with Gasteiger partial charge < -0.3 is 19.4 Å². The molecule has 0 aliphatic rings. The van der Waals surface area contributed by atoms with Gasteiger partial charge in [-0.3, -0.25) is 4.79 Å². The van der Waals surface area contributed by atoms with Gasteiger partial charge in [0.2, 0.25) is 5.91 Å². The molecule has 4 rings (SSSR count). The van der Waals surface area contributed by atoms with Gasteiger partial charge in [0, 0.05) is 22.5 Å². The van der Waals surface area contributed by atoms with Crippen LogP contribution in [0.5, 0.6) is 5.75 Å². The first-order chi connectivity index (χ1) is 18.3. The number of carbonyl (C=O) groups excluding carboxylic acids is 2. The van der Waals surface area contributed by atoms with Crippen LogP contribution in [-0.2, 0) is 16.1 Å². The van der Waals surface area contributed by atoms with Crippen molar-refractivity contribution >= 4 is 51.6 Å². The first-order valence-corrected chi connectivity index (χ1v) is 14.1. The van der Waals surface area contributed by atoms with Crippen LogP contribution in [0.2, 0.25) is 5.02 Å². The molecule has 1 N–H and O–H groups in total. The first kappa shape index (κ1) is 27.7. The van der Waals surface area contributed by atoms with Gasteiger partial charge in [0.25, 0.3) is 0 Å². The topological polar surface area (TPSA) is 95.3 Å². The summed E-state index contributed by atoms with van der Waals surface area (Å²) in [5, 5.41) is 14.9. The molecule has 1 unspecified atom stereocenters. The van der Waals surface area contributed by atoms with Crippen LogP contribution in [0.25, 0.3) is 11.1 Å². The Balaban J connectivity index is 1.45. The molecule has 1 atom stereocenters. The van der Waals surface area contributed by atoms with E-state index in [1.807, 2.05) is 67.1 Å². The number of thiophene rings is 1. The number of amides is 1. The highest BCUT2D eigenvalue weighted by atomic mass is 35.5. The lowest BCUT2D eigenvalue weighted by molar-refractivity contribution is -0.113. The first-order valence-electron chi connectivity index (χ1n) is 11.9. The van der Waals surface area contributed by atoms with Crippen molar-refractivity contribution in [2.24, 2.45) is 0 Å². The van der Waals surface area contributed by atoms with Gasteiger partial charge in [0.05, 0.1) is 12.9 Å². The van der Waals surface area contributed by atoms with Gasteiger partial charge in [-0.05, 0) is 44.5 Å². The van der Waals surface area contributed by atoms with Gasteiger partial charge in [-0.1, -0.05) is 59.3 Å². The fourth-order valence-corrected chi connectivity index (χ4v) is 5.76. The highest BCUT2D eigenvalue weighted by Gasteiger charge is 2.23. The number of ether oxygens (including phenoxy) is 2. The Morgan fingerprint density at radius 2 is 1.95 bits per heavy atom. The number of hydrogen-bond donors (Lipinski definition) is 1. The summed E-state index contributed by atoms with van der Waals surface area (Å²) in [7, 11) is 1.33. The van der Waals surface area contributed by atoms with Crippen LogP contribution in [0.15, 0.2) is 59.1 Å². The number of aromatic nitrogens is 3. The van der Waals surface area contributed by atoms with Crippen molar-refractivity contribution in [2.75, 3.05) is 18.2 Å². The summed E-state index contributed by atoms with van der Waals surface area (Å²) in [6.07, 6.45) is -0.377. The summed E-state index contributed by atoms with van der Waals surface area (Å²) in [6, 6.07) is 15.0. The SMILES string of the molecule is CCn1c(SCC(=O)Nc2scc(-c3ccc(C)cc3)c2C(=O)OC)nnc1C(C)Oc1cccc(Cl)c1. The third kappa shape index (κ3) is 6.38. The minimum atomic E-state index is -0.506. The number of methoxy groups -OCH3 is 1. The molecule has 2 aromatic heterocycles. The van der Waals surface area contributed by atoms with E-state index in [-0.39, 0.29) is 17.8 Å². The fraction of sp³-hybridized carbons (Fsp3) is 0.259. The molecule has 0 aliphatic carbocycles. The van der Waals surface area contributed by atoms with Crippen LogP contribution in [0, 0.1) is 6.92 Å². The van der Waals surface area contributed by atoms with Crippen LogP contribution in [0.4, 0.5) is 5.00 Å². The number of benzene rings is 2. The molecular formula is C27H27ClN4O4S2. The highest BCUT2D eigenvalue weighted by molar-refractivity contribution is 7.99. The largest absolute Gasteiger partial charge is 0.483 e. The molecule has 4 aromatic rings. The average Bonchev–Trinajstić information content (AvgIpc) is 3.51. The summed E-state index contributed by atoms with van der Waals surface area (Å²) < 4.78 is 12.9. The number of rotatable bonds is 10. The molecule has 11 heteroatoms. The highest BCUT2D eigenvalue weighted by Crippen LogP contribution is 2.36. The van der Waals surface area contributed by atoms with Crippen LogP contribution in [-0.4, -0.2) is 39.5 Å². The second-order valence-corrected chi connectivity index (χ2v) is 10.6. The van der Waals surface area contributed by atoms with Crippen molar-refractivity contribution in [1.29, 1.82) is 0 Å². The van der Waals surface area contributed by atoms with E-state index in [4.69, 9.17) is 21.1 Å². The molecular weight excluding hydrogens is 544 g/mol. The quantitative estimate of drug-likeness (QED) is 0.168. The molecule has 0 spiro atoms. The molecule has 0 bridgehead atoms. The van der Waals surface area contributed by atoms with Crippen molar-refractivity contribution < 1.29 is 19.1 Å². The number of nitrogens with zero attached hydrogens (tertiary/aromatic N) is 3. The number of halogens is 1. The lowest BCUT2D eigenvalue weighted by Crippen LogP contribution is -2.17. The molecule has 0 saturated heterocycles. The van der Waals surface area contributed by atoms with E-state index in [9.17, 15) is 9.59 Å². The lowest BCUT2D eigenvalue weighted by Gasteiger charge is -2.15. The standard InChI is InChI=1S/C27H27ClN4O4S2/c1-5-32-24(17(3)36-20-8-6-7-19(28)13-20)30-31-27(32)38-15-22(33)29-25-23(26(34)35-4)21(14-37-25)18-11-9-16(2)10-12-18/h6-14,17H,5,15H2,1-4H3,(H,29,33). The summed E-state index contributed by atoms with van der Waals surface area (Å²) in [5.41, 5.74) is 3.04. The van der Waals surface area contributed by atoms with Crippen molar-refractivity contribution in [2.45, 2.75) is 38.6 Å². The Morgan fingerprint density at radius 1 is 1.18 bits per heavy atom. The molecule has 0 aliphatic heterocycles. The van der Waals surface area contributed by atoms with Crippen LogP contribution < -0.4 is 10.1 Å². The molecule has 1 amide bonds. The van der Waals surface area contributed by atoms with E-state index in [1.54, 1.807) is 12.1 Å². The predicted octanol–water partition coefficient (Wildman–Crippen LogP) is 6.65. The Morgan fingerprint density at radius 3 is 2.63 bits per heavy atom. The minimum absolute atomic E-state index is 0.0834. The zero-order valence-corrected chi connectivity index (χ0v) is 23.7. The molecule has 8 nitrogen and oxygen atoms in total. The third-order valence-electron chi connectivity index (χ3n) is 5.66. The summed E-state index contributed by atoms with van der Waals surface area (Å²) in [6.45, 7) is 6.46. The van der Waals surface area contributed by atoms with Gasteiger partial charge >= 0.3 is 5.97 Å². The van der Waals surface area contributed by atoms with Gasteiger partial charge in [-0.2, -0.15) is 0 Å². The zero-order chi connectivity index (χ0) is 27.2. The van der Waals surface area contributed by atoms with Crippen molar-refractivity contribution in [1.82, 2.24) is 14.8 Å². The maximum Gasteiger partial charge on any atom is 0.341 e. The molecule has 0 radical (unpaired) electrons. The number of nitrogens with one attached hydrogen (secondary N) is 1. The monoisotopic (exact) mass is 570 g/mol. The Hall–Kier alpha value is -3.34. The van der Waals surface area contributed by atoms with E-state index in [2.05, 4.69) is 15.5 Å². The number of thioether (sulfide) groups is 1. The van der Waals surface area contributed by atoms with Crippen molar-refractivity contribution in [3.05, 3.63) is 75.9 Å². The van der Waals surface area contributed by atoms with Crippen LogP contribution >= 0.6 is 34.7 Å². The summed E-state index contributed by atoms with van der Waals surface area (Å²) in [5.74, 6) is 0.581. The molecule has 2 heterocycles. The van der Waals surface area contributed by atoms with E-state index >= 15 is 0 Å². The fourth-order valence-electron chi connectivity index (χ4n) is 3.79.